The maximum atomic E-state index is 13.1. The second-order valence-corrected chi connectivity index (χ2v) is 6.22. The number of halogens is 2. The molecule has 1 aliphatic rings. The molecule has 0 aliphatic carbocycles. The molecule has 0 saturated carbocycles. The molecule has 1 aromatic carbocycles. The average Bonchev–Trinajstić information content (AvgIpc) is 2.99. The minimum Gasteiger partial charge on any atom is -0.337 e. The van der Waals surface area contributed by atoms with E-state index < -0.39 is 0 Å². The Balaban J connectivity index is 1.68. The second kappa shape index (κ2) is 5.78. The lowest BCUT2D eigenvalue weighted by Gasteiger charge is -2.17. The van der Waals surface area contributed by atoms with Gasteiger partial charge in [-0.1, -0.05) is 17.7 Å². The molecule has 2 heterocycles. The van der Waals surface area contributed by atoms with Gasteiger partial charge < -0.3 is 4.57 Å². The summed E-state index contributed by atoms with van der Waals surface area (Å²) in [4.78, 5) is 6.98. The number of nitrogens with zero attached hydrogens (tertiary/aromatic N) is 3. The third-order valence-electron chi connectivity index (χ3n) is 4.08. The molecule has 1 aliphatic heterocycles. The summed E-state index contributed by atoms with van der Waals surface area (Å²) < 4.78 is 15.2. The summed E-state index contributed by atoms with van der Waals surface area (Å²) in [5.74, 6) is 1.33. The Kier molecular flexibility index (Phi) is 4.00. The van der Waals surface area contributed by atoms with Crippen LogP contribution in [0.2, 0.25) is 5.02 Å². The zero-order chi connectivity index (χ0) is 15.0. The van der Waals surface area contributed by atoms with Gasteiger partial charge in [0.25, 0.3) is 0 Å². The number of aryl methyl sites for hydroxylation is 2. The molecule has 1 fully saturated rings. The molecule has 1 atom stereocenters. The van der Waals surface area contributed by atoms with E-state index in [9.17, 15) is 4.39 Å². The highest BCUT2D eigenvalue weighted by molar-refractivity contribution is 6.31. The van der Waals surface area contributed by atoms with Crippen LogP contribution < -0.4 is 0 Å². The Hall–Kier alpha value is -1.39. The molecule has 0 unspecified atom stereocenters. The number of likely N-dealkylation sites (tertiary alicyclic amines) is 1. The molecule has 21 heavy (non-hydrogen) atoms. The molecule has 5 heteroatoms. The van der Waals surface area contributed by atoms with Crippen molar-refractivity contribution in [3.8, 4) is 0 Å². The molecule has 0 amide bonds. The maximum absolute atomic E-state index is 13.1. The summed E-state index contributed by atoms with van der Waals surface area (Å²) in [6.45, 7) is 4.77. The van der Waals surface area contributed by atoms with E-state index in [2.05, 4.69) is 27.7 Å². The van der Waals surface area contributed by atoms with Crippen molar-refractivity contribution < 1.29 is 4.39 Å². The van der Waals surface area contributed by atoms with Crippen molar-refractivity contribution in [1.82, 2.24) is 14.5 Å². The predicted molar refractivity (Wildman–Crippen MR) is 82.0 cm³/mol. The van der Waals surface area contributed by atoms with Gasteiger partial charge in [0.15, 0.2) is 0 Å². The first-order valence-electron chi connectivity index (χ1n) is 7.19. The van der Waals surface area contributed by atoms with Gasteiger partial charge in [-0.05, 0) is 37.6 Å². The molecule has 0 radical (unpaired) electrons. The van der Waals surface area contributed by atoms with Crippen LogP contribution in [0.5, 0.6) is 0 Å². The first kappa shape index (κ1) is 14.5. The van der Waals surface area contributed by atoms with Crippen LogP contribution in [0.1, 0.15) is 29.4 Å². The third kappa shape index (κ3) is 3.11. The number of aromatic nitrogens is 2. The molecular weight excluding hydrogens is 289 g/mol. The molecule has 0 spiro atoms. The lowest BCUT2D eigenvalue weighted by molar-refractivity contribution is 0.325. The molecule has 2 aromatic rings. The minimum absolute atomic E-state index is 0.286. The average molecular weight is 308 g/mol. The van der Waals surface area contributed by atoms with Crippen LogP contribution in [0.25, 0.3) is 0 Å². The molecular formula is C16H19ClFN3. The van der Waals surface area contributed by atoms with Crippen LogP contribution >= 0.6 is 11.6 Å². The summed E-state index contributed by atoms with van der Waals surface area (Å²) in [7, 11) is 2.05. The van der Waals surface area contributed by atoms with E-state index in [1.165, 1.54) is 12.1 Å². The summed E-state index contributed by atoms with van der Waals surface area (Å²) in [5, 5.41) is 0.506. The van der Waals surface area contributed by atoms with E-state index in [1.807, 2.05) is 6.92 Å². The van der Waals surface area contributed by atoms with Crippen molar-refractivity contribution in [2.45, 2.75) is 25.8 Å². The first-order chi connectivity index (χ1) is 10.0. The molecule has 0 N–H and O–H groups in total. The number of rotatable bonds is 3. The van der Waals surface area contributed by atoms with E-state index in [0.29, 0.717) is 10.9 Å². The van der Waals surface area contributed by atoms with Crippen molar-refractivity contribution in [3.05, 3.63) is 52.3 Å². The monoisotopic (exact) mass is 307 g/mol. The van der Waals surface area contributed by atoms with Gasteiger partial charge in [0.1, 0.15) is 11.6 Å². The molecule has 0 bridgehead atoms. The van der Waals surface area contributed by atoms with Gasteiger partial charge >= 0.3 is 0 Å². The Bertz CT molecular complexity index is 653. The Morgan fingerprint density at radius 1 is 1.43 bits per heavy atom. The summed E-state index contributed by atoms with van der Waals surface area (Å²) in [6, 6.07) is 4.62. The van der Waals surface area contributed by atoms with Gasteiger partial charge in [-0.2, -0.15) is 0 Å². The van der Waals surface area contributed by atoms with Crippen LogP contribution in [-0.4, -0.2) is 27.5 Å². The van der Waals surface area contributed by atoms with Gasteiger partial charge in [0, 0.05) is 37.3 Å². The van der Waals surface area contributed by atoms with E-state index in [1.54, 1.807) is 6.07 Å². The second-order valence-electron chi connectivity index (χ2n) is 5.81. The van der Waals surface area contributed by atoms with Crippen LogP contribution in [-0.2, 0) is 13.6 Å². The lowest BCUT2D eigenvalue weighted by atomic mass is 10.1. The molecule has 112 valence electrons. The normalized spacial score (nSPS) is 19.3. The molecule has 3 rings (SSSR count). The zero-order valence-electron chi connectivity index (χ0n) is 12.3. The summed E-state index contributed by atoms with van der Waals surface area (Å²) in [5.41, 5.74) is 2.04. The third-order valence-corrected chi connectivity index (χ3v) is 4.43. The van der Waals surface area contributed by atoms with Gasteiger partial charge in [0.05, 0.1) is 5.69 Å². The smallest absolute Gasteiger partial charge is 0.124 e. The SMILES string of the molecule is Cc1cn(C)c([C@H]2CCN(Cc3ccc(F)cc3Cl)C2)n1. The summed E-state index contributed by atoms with van der Waals surface area (Å²) >= 11 is 6.11. The quantitative estimate of drug-likeness (QED) is 0.865. The van der Waals surface area contributed by atoms with E-state index in [4.69, 9.17) is 11.6 Å². The minimum atomic E-state index is -0.286. The fourth-order valence-corrected chi connectivity index (χ4v) is 3.32. The van der Waals surface area contributed by atoms with E-state index in [-0.39, 0.29) is 5.82 Å². The van der Waals surface area contributed by atoms with Crippen molar-refractivity contribution in [3.63, 3.8) is 0 Å². The standard InChI is InChI=1S/C16H19ClFN3/c1-11-8-20(2)16(19-11)13-5-6-21(10-13)9-12-3-4-14(18)7-15(12)17/h3-4,7-8,13H,5-6,9-10H2,1-2H3/t13-/m0/s1. The highest BCUT2D eigenvalue weighted by Gasteiger charge is 2.27. The number of benzene rings is 1. The fourth-order valence-electron chi connectivity index (χ4n) is 3.09. The van der Waals surface area contributed by atoms with Crippen LogP contribution in [0, 0.1) is 12.7 Å². The topological polar surface area (TPSA) is 21.1 Å². The number of hydrogen-bond donors (Lipinski definition) is 0. The maximum Gasteiger partial charge on any atom is 0.124 e. The highest BCUT2D eigenvalue weighted by atomic mass is 35.5. The molecule has 1 aromatic heterocycles. The van der Waals surface area contributed by atoms with Crippen LogP contribution in [0.15, 0.2) is 24.4 Å². The highest BCUT2D eigenvalue weighted by Crippen LogP contribution is 2.28. The van der Waals surface area contributed by atoms with Crippen LogP contribution in [0.4, 0.5) is 4.39 Å². The summed E-state index contributed by atoms with van der Waals surface area (Å²) in [6.07, 6.45) is 3.16. The Labute approximate surface area is 129 Å². The van der Waals surface area contributed by atoms with Crippen molar-refractivity contribution >= 4 is 11.6 Å². The van der Waals surface area contributed by atoms with Gasteiger partial charge in [-0.3, -0.25) is 4.90 Å². The fraction of sp³-hybridized carbons (Fsp3) is 0.438. The predicted octanol–water partition coefficient (Wildman–Crippen LogP) is 3.51. The van der Waals surface area contributed by atoms with E-state index >= 15 is 0 Å². The van der Waals surface area contributed by atoms with Crippen molar-refractivity contribution in [2.75, 3.05) is 13.1 Å². The molecule has 3 nitrogen and oxygen atoms in total. The Morgan fingerprint density at radius 3 is 2.90 bits per heavy atom. The van der Waals surface area contributed by atoms with Gasteiger partial charge in [0.2, 0.25) is 0 Å². The number of imidazole rings is 1. The number of hydrogen-bond acceptors (Lipinski definition) is 2. The lowest BCUT2D eigenvalue weighted by Crippen LogP contribution is -2.20. The van der Waals surface area contributed by atoms with Crippen LogP contribution in [0.3, 0.4) is 0 Å². The van der Waals surface area contributed by atoms with Gasteiger partial charge in [-0.15, -0.1) is 0 Å². The van der Waals surface area contributed by atoms with Crippen molar-refractivity contribution in [2.24, 2.45) is 7.05 Å². The zero-order valence-corrected chi connectivity index (χ0v) is 13.1. The molecule has 1 saturated heterocycles. The first-order valence-corrected chi connectivity index (χ1v) is 7.57. The van der Waals surface area contributed by atoms with E-state index in [0.717, 1.165) is 43.1 Å². The van der Waals surface area contributed by atoms with Gasteiger partial charge in [-0.25, -0.2) is 9.37 Å². The van der Waals surface area contributed by atoms with Crippen molar-refractivity contribution in [1.29, 1.82) is 0 Å². The Morgan fingerprint density at radius 2 is 2.24 bits per heavy atom. The largest absolute Gasteiger partial charge is 0.337 e.